The molecule has 0 atom stereocenters. The van der Waals surface area contributed by atoms with E-state index in [1.807, 2.05) is 6.07 Å². The number of methoxy groups -OCH3 is 1. The molecule has 124 valence electrons. The minimum Gasteiger partial charge on any atom is -0.493 e. The molecule has 1 heterocycles. The number of fused-ring (bicyclic) bond motifs is 1. The van der Waals surface area contributed by atoms with E-state index in [-0.39, 0.29) is 17.1 Å². The first kappa shape index (κ1) is 15.7. The summed E-state index contributed by atoms with van der Waals surface area (Å²) in [7, 11) is 1.30. The third-order valence-electron chi connectivity index (χ3n) is 3.33. The molecule has 0 spiro atoms. The highest BCUT2D eigenvalue weighted by atomic mass is 19.3. The summed E-state index contributed by atoms with van der Waals surface area (Å²) in [6.07, 6.45) is 1.43. The fraction of sp³-hybridized carbons (Fsp3) is 0.125. The van der Waals surface area contributed by atoms with Crippen LogP contribution < -0.4 is 14.9 Å². The standard InChI is InChI=1S/C16H13F2N3O3/c1-23-13-8-4-5-10(14(13)24-16(17)18)15(22)20-21-9-19-11-6-2-3-7-12(11)21/h2-9,16H,1H3,(H,20,22). The molecule has 2 aromatic carbocycles. The van der Waals surface area contributed by atoms with E-state index in [1.54, 1.807) is 18.2 Å². The maximum atomic E-state index is 12.6. The van der Waals surface area contributed by atoms with Crippen LogP contribution in [0, 0.1) is 0 Å². The highest BCUT2D eigenvalue weighted by Crippen LogP contribution is 2.32. The van der Waals surface area contributed by atoms with Crippen LogP contribution in [0.1, 0.15) is 10.4 Å². The van der Waals surface area contributed by atoms with E-state index < -0.39 is 12.5 Å². The second kappa shape index (κ2) is 6.53. The van der Waals surface area contributed by atoms with Crippen LogP contribution in [0.15, 0.2) is 48.8 Å². The second-order valence-electron chi connectivity index (χ2n) is 4.76. The van der Waals surface area contributed by atoms with Gasteiger partial charge in [0.1, 0.15) is 6.33 Å². The van der Waals surface area contributed by atoms with E-state index in [4.69, 9.17) is 4.74 Å². The Morgan fingerprint density at radius 3 is 2.75 bits per heavy atom. The number of benzene rings is 2. The first-order valence-corrected chi connectivity index (χ1v) is 6.95. The number of nitrogens with zero attached hydrogens (tertiary/aromatic N) is 2. The van der Waals surface area contributed by atoms with Crippen molar-refractivity contribution < 1.29 is 23.0 Å². The predicted octanol–water partition coefficient (Wildman–Crippen LogP) is 3.03. The number of rotatable bonds is 5. The van der Waals surface area contributed by atoms with Crippen molar-refractivity contribution >= 4 is 16.9 Å². The molecular formula is C16H13F2N3O3. The summed E-state index contributed by atoms with van der Waals surface area (Å²) in [5, 5.41) is 0. The molecule has 1 amide bonds. The summed E-state index contributed by atoms with van der Waals surface area (Å²) >= 11 is 0. The lowest BCUT2D eigenvalue weighted by Crippen LogP contribution is -2.23. The van der Waals surface area contributed by atoms with Gasteiger partial charge in [-0.25, -0.2) is 9.66 Å². The molecule has 0 saturated carbocycles. The summed E-state index contributed by atoms with van der Waals surface area (Å²) in [6.45, 7) is -3.08. The van der Waals surface area contributed by atoms with Crippen LogP contribution in [0.25, 0.3) is 11.0 Å². The number of hydrogen-bond donors (Lipinski definition) is 1. The molecule has 6 nitrogen and oxygen atoms in total. The largest absolute Gasteiger partial charge is 0.493 e. The molecular weight excluding hydrogens is 320 g/mol. The predicted molar refractivity (Wildman–Crippen MR) is 83.1 cm³/mol. The molecule has 3 aromatic rings. The van der Waals surface area contributed by atoms with Crippen molar-refractivity contribution in [1.29, 1.82) is 0 Å². The van der Waals surface area contributed by atoms with Gasteiger partial charge in [0.05, 0.1) is 23.7 Å². The van der Waals surface area contributed by atoms with Gasteiger partial charge < -0.3 is 9.47 Å². The Bertz CT molecular complexity index is 880. The van der Waals surface area contributed by atoms with Gasteiger partial charge in [0.25, 0.3) is 5.91 Å². The van der Waals surface area contributed by atoms with E-state index in [0.29, 0.717) is 11.0 Å². The molecule has 0 radical (unpaired) electrons. The van der Waals surface area contributed by atoms with Gasteiger partial charge in [-0.3, -0.25) is 10.2 Å². The van der Waals surface area contributed by atoms with Crippen molar-refractivity contribution in [3.63, 3.8) is 0 Å². The maximum Gasteiger partial charge on any atom is 0.387 e. The Morgan fingerprint density at radius 2 is 2.00 bits per heavy atom. The number of nitrogens with one attached hydrogen (secondary N) is 1. The minimum absolute atomic E-state index is 0.0402. The van der Waals surface area contributed by atoms with Crippen molar-refractivity contribution in [3.8, 4) is 11.5 Å². The summed E-state index contributed by atoms with van der Waals surface area (Å²) in [5.41, 5.74) is 3.86. The van der Waals surface area contributed by atoms with Crippen LogP contribution in [-0.4, -0.2) is 29.3 Å². The molecule has 0 fully saturated rings. The van der Waals surface area contributed by atoms with Crippen LogP contribution in [-0.2, 0) is 0 Å². The van der Waals surface area contributed by atoms with Gasteiger partial charge >= 0.3 is 6.61 Å². The van der Waals surface area contributed by atoms with Crippen molar-refractivity contribution in [2.45, 2.75) is 6.61 Å². The molecule has 3 rings (SSSR count). The van der Waals surface area contributed by atoms with Crippen LogP contribution in [0.3, 0.4) is 0 Å². The zero-order valence-corrected chi connectivity index (χ0v) is 12.6. The Hall–Kier alpha value is -3.16. The topological polar surface area (TPSA) is 65.4 Å². The van der Waals surface area contributed by atoms with Crippen molar-refractivity contribution in [2.24, 2.45) is 0 Å². The first-order chi connectivity index (χ1) is 11.6. The van der Waals surface area contributed by atoms with Crippen molar-refractivity contribution in [1.82, 2.24) is 9.66 Å². The quantitative estimate of drug-likeness (QED) is 0.779. The number of imidazole rings is 1. The Kier molecular flexibility index (Phi) is 4.28. The second-order valence-corrected chi connectivity index (χ2v) is 4.76. The van der Waals surface area contributed by atoms with E-state index in [0.717, 1.165) is 0 Å². The van der Waals surface area contributed by atoms with Crippen LogP contribution in [0.4, 0.5) is 8.78 Å². The van der Waals surface area contributed by atoms with Crippen LogP contribution >= 0.6 is 0 Å². The number of ether oxygens (including phenoxy) is 2. The number of hydrogen-bond acceptors (Lipinski definition) is 4. The van der Waals surface area contributed by atoms with Gasteiger partial charge in [-0.2, -0.15) is 8.78 Å². The Labute approximate surface area is 135 Å². The third-order valence-corrected chi connectivity index (χ3v) is 3.33. The number of alkyl halides is 2. The molecule has 0 bridgehead atoms. The zero-order valence-electron chi connectivity index (χ0n) is 12.6. The number of halogens is 2. The van der Waals surface area contributed by atoms with Gasteiger partial charge in [-0.15, -0.1) is 0 Å². The number of amides is 1. The third kappa shape index (κ3) is 2.98. The monoisotopic (exact) mass is 333 g/mol. The van der Waals surface area contributed by atoms with Gasteiger partial charge in [-0.1, -0.05) is 18.2 Å². The summed E-state index contributed by atoms with van der Waals surface area (Å²) < 4.78 is 36.1. The molecule has 1 N–H and O–H groups in total. The summed E-state index contributed by atoms with van der Waals surface area (Å²) in [6, 6.07) is 11.5. The van der Waals surface area contributed by atoms with E-state index in [9.17, 15) is 13.6 Å². The smallest absolute Gasteiger partial charge is 0.387 e. The molecule has 24 heavy (non-hydrogen) atoms. The zero-order chi connectivity index (χ0) is 17.1. The molecule has 8 heteroatoms. The van der Waals surface area contributed by atoms with Gasteiger partial charge in [0.15, 0.2) is 11.5 Å². The highest BCUT2D eigenvalue weighted by Gasteiger charge is 2.20. The van der Waals surface area contributed by atoms with Gasteiger partial charge in [0, 0.05) is 0 Å². The number of para-hydroxylation sites is 3. The van der Waals surface area contributed by atoms with Gasteiger partial charge in [0.2, 0.25) is 0 Å². The number of aromatic nitrogens is 2. The molecule has 0 saturated heterocycles. The van der Waals surface area contributed by atoms with Crippen LogP contribution in [0.5, 0.6) is 11.5 Å². The van der Waals surface area contributed by atoms with Crippen molar-refractivity contribution in [3.05, 3.63) is 54.4 Å². The lowest BCUT2D eigenvalue weighted by atomic mass is 10.1. The molecule has 0 aliphatic heterocycles. The van der Waals surface area contributed by atoms with Crippen molar-refractivity contribution in [2.75, 3.05) is 12.5 Å². The fourth-order valence-electron chi connectivity index (χ4n) is 2.28. The van der Waals surface area contributed by atoms with Crippen LogP contribution in [0.2, 0.25) is 0 Å². The van der Waals surface area contributed by atoms with Gasteiger partial charge in [-0.05, 0) is 24.3 Å². The Morgan fingerprint density at radius 1 is 1.21 bits per heavy atom. The molecule has 0 unspecified atom stereocenters. The molecule has 1 aromatic heterocycles. The summed E-state index contributed by atoms with van der Waals surface area (Å²) in [5.74, 6) is -0.914. The SMILES string of the molecule is COc1cccc(C(=O)Nn2cnc3ccccc32)c1OC(F)F. The molecule has 0 aliphatic rings. The first-order valence-electron chi connectivity index (χ1n) is 6.95. The highest BCUT2D eigenvalue weighted by molar-refractivity contribution is 6.03. The maximum absolute atomic E-state index is 12.6. The minimum atomic E-state index is -3.08. The Balaban J connectivity index is 1.95. The number of carbonyl (C=O) groups excluding carboxylic acids is 1. The number of carbonyl (C=O) groups is 1. The van der Waals surface area contributed by atoms with E-state index >= 15 is 0 Å². The lowest BCUT2D eigenvalue weighted by Gasteiger charge is -2.14. The molecule has 0 aliphatic carbocycles. The lowest BCUT2D eigenvalue weighted by molar-refractivity contribution is -0.0515. The normalized spacial score (nSPS) is 10.8. The average molecular weight is 333 g/mol. The average Bonchev–Trinajstić information content (AvgIpc) is 2.97. The fourth-order valence-corrected chi connectivity index (χ4v) is 2.28. The van der Waals surface area contributed by atoms with E-state index in [2.05, 4.69) is 15.1 Å². The van der Waals surface area contributed by atoms with E-state index in [1.165, 1.54) is 36.3 Å². The summed E-state index contributed by atoms with van der Waals surface area (Å²) in [4.78, 5) is 16.6.